The van der Waals surface area contributed by atoms with Gasteiger partial charge in [0.1, 0.15) is 5.56 Å². The molecule has 7 nitrogen and oxygen atoms in total. The first-order chi connectivity index (χ1) is 13.6. The summed E-state index contributed by atoms with van der Waals surface area (Å²) < 4.78 is 1.85. The highest BCUT2D eigenvalue weighted by molar-refractivity contribution is 6.05. The van der Waals surface area contributed by atoms with Crippen LogP contribution in [0.25, 0.3) is 10.9 Å². The summed E-state index contributed by atoms with van der Waals surface area (Å²) in [5.41, 5.74) is 2.70. The molecule has 1 aromatic heterocycles. The number of aromatic nitrogens is 1. The van der Waals surface area contributed by atoms with Crippen molar-refractivity contribution < 1.29 is 14.8 Å². The van der Waals surface area contributed by atoms with E-state index in [4.69, 9.17) is 5.21 Å². The first kappa shape index (κ1) is 19.3. The van der Waals surface area contributed by atoms with Crippen molar-refractivity contribution in [2.75, 3.05) is 5.32 Å². The van der Waals surface area contributed by atoms with E-state index in [-0.39, 0.29) is 17.4 Å². The van der Waals surface area contributed by atoms with Crippen molar-refractivity contribution in [1.82, 2.24) is 10.0 Å². The van der Waals surface area contributed by atoms with Gasteiger partial charge < -0.3 is 9.88 Å². The van der Waals surface area contributed by atoms with Gasteiger partial charge in [-0.15, -0.1) is 0 Å². The molecule has 0 spiro atoms. The van der Waals surface area contributed by atoms with Crippen molar-refractivity contribution in [2.24, 2.45) is 0 Å². The summed E-state index contributed by atoms with van der Waals surface area (Å²) in [5.74, 6) is -0.900. The van der Waals surface area contributed by atoms with Crippen LogP contribution in [-0.2, 0) is 11.3 Å². The Labute approximate surface area is 161 Å². The molecule has 0 bridgehead atoms. The monoisotopic (exact) mass is 379 g/mol. The van der Waals surface area contributed by atoms with E-state index in [1.54, 1.807) is 48.1 Å². The fourth-order valence-electron chi connectivity index (χ4n) is 3.04. The number of unbranched alkanes of at least 4 members (excludes halogenated alkanes) is 1. The third-order valence-corrected chi connectivity index (χ3v) is 4.44. The van der Waals surface area contributed by atoms with Gasteiger partial charge in [-0.1, -0.05) is 30.3 Å². The number of benzene rings is 2. The molecule has 0 unspecified atom stereocenters. The van der Waals surface area contributed by atoms with Crippen molar-refractivity contribution in [3.8, 4) is 0 Å². The second kappa shape index (κ2) is 8.96. The highest BCUT2D eigenvalue weighted by atomic mass is 16.5. The molecule has 3 N–H and O–H groups in total. The lowest BCUT2D eigenvalue weighted by Crippen LogP contribution is -2.24. The number of hydrogen-bond donors (Lipinski definition) is 3. The topological polar surface area (TPSA) is 100 Å². The number of amides is 2. The molecule has 0 aliphatic carbocycles. The van der Waals surface area contributed by atoms with Crippen LogP contribution in [0.15, 0.2) is 65.6 Å². The minimum absolute atomic E-state index is 0.0654. The molecule has 144 valence electrons. The summed E-state index contributed by atoms with van der Waals surface area (Å²) in [7, 11) is 0. The molecule has 0 atom stereocenters. The number of carbonyl (C=O) groups excluding carboxylic acids is 2. The molecule has 0 radical (unpaired) electrons. The number of aryl methyl sites for hydroxylation is 1. The Bertz CT molecular complexity index is 1040. The van der Waals surface area contributed by atoms with Crippen LogP contribution in [0.5, 0.6) is 0 Å². The van der Waals surface area contributed by atoms with Crippen LogP contribution in [0.3, 0.4) is 0 Å². The van der Waals surface area contributed by atoms with Crippen molar-refractivity contribution in [3.63, 3.8) is 0 Å². The zero-order valence-electron chi connectivity index (χ0n) is 15.2. The molecule has 0 aliphatic heterocycles. The predicted molar refractivity (Wildman–Crippen MR) is 106 cm³/mol. The van der Waals surface area contributed by atoms with Crippen molar-refractivity contribution in [1.29, 1.82) is 0 Å². The smallest absolute Gasteiger partial charge is 0.261 e. The Morgan fingerprint density at radius 2 is 1.68 bits per heavy atom. The van der Waals surface area contributed by atoms with Crippen molar-refractivity contribution >= 4 is 28.4 Å². The van der Waals surface area contributed by atoms with Gasteiger partial charge in [-0.05, 0) is 37.1 Å². The van der Waals surface area contributed by atoms with E-state index >= 15 is 0 Å². The number of rotatable bonds is 7. The van der Waals surface area contributed by atoms with Gasteiger partial charge in [0.2, 0.25) is 11.3 Å². The SMILES string of the molecule is O=C(CCCCn1cc(C(=O)Nc2ccccc2)c(=O)c2ccccc21)NO. The first-order valence-electron chi connectivity index (χ1n) is 9.01. The number of pyridine rings is 1. The summed E-state index contributed by atoms with van der Waals surface area (Å²) in [4.78, 5) is 36.6. The van der Waals surface area contributed by atoms with Gasteiger partial charge in [0, 0.05) is 30.2 Å². The van der Waals surface area contributed by atoms with Crippen LogP contribution >= 0.6 is 0 Å². The van der Waals surface area contributed by atoms with E-state index < -0.39 is 11.8 Å². The maximum Gasteiger partial charge on any atom is 0.261 e. The van der Waals surface area contributed by atoms with E-state index in [9.17, 15) is 14.4 Å². The van der Waals surface area contributed by atoms with Gasteiger partial charge in [-0.2, -0.15) is 0 Å². The lowest BCUT2D eigenvalue weighted by atomic mass is 10.1. The maximum absolute atomic E-state index is 12.8. The summed E-state index contributed by atoms with van der Waals surface area (Å²) in [6.45, 7) is 0.533. The van der Waals surface area contributed by atoms with Crippen LogP contribution in [0.1, 0.15) is 29.6 Å². The van der Waals surface area contributed by atoms with E-state index in [1.165, 1.54) is 0 Å². The molecular weight excluding hydrogens is 358 g/mol. The summed E-state index contributed by atoms with van der Waals surface area (Å²) in [6.07, 6.45) is 2.99. The number of nitrogens with one attached hydrogen (secondary N) is 2. The molecule has 0 saturated heterocycles. The lowest BCUT2D eigenvalue weighted by molar-refractivity contribution is -0.129. The Kier molecular flexibility index (Phi) is 6.18. The van der Waals surface area contributed by atoms with Crippen molar-refractivity contribution in [3.05, 3.63) is 76.6 Å². The first-order valence-corrected chi connectivity index (χ1v) is 9.01. The third-order valence-electron chi connectivity index (χ3n) is 4.44. The summed E-state index contributed by atoms with van der Waals surface area (Å²) in [6, 6.07) is 16.1. The van der Waals surface area contributed by atoms with E-state index in [2.05, 4.69) is 5.32 Å². The average Bonchev–Trinajstić information content (AvgIpc) is 2.73. The Morgan fingerprint density at radius 1 is 0.964 bits per heavy atom. The number of fused-ring (bicyclic) bond motifs is 1. The molecule has 0 aliphatic rings. The maximum atomic E-state index is 12.8. The second-order valence-electron chi connectivity index (χ2n) is 6.39. The van der Waals surface area contributed by atoms with Crippen LogP contribution < -0.4 is 16.2 Å². The number of nitrogens with zero attached hydrogens (tertiary/aromatic N) is 1. The molecule has 0 saturated carbocycles. The summed E-state index contributed by atoms with van der Waals surface area (Å²) >= 11 is 0. The van der Waals surface area contributed by atoms with Gasteiger partial charge in [-0.25, -0.2) is 5.48 Å². The van der Waals surface area contributed by atoms with Crippen LogP contribution in [0.2, 0.25) is 0 Å². The van der Waals surface area contributed by atoms with E-state index in [0.29, 0.717) is 30.5 Å². The number of hydrogen-bond acceptors (Lipinski definition) is 4. The normalized spacial score (nSPS) is 10.6. The average molecular weight is 379 g/mol. The lowest BCUT2D eigenvalue weighted by Gasteiger charge is -2.13. The van der Waals surface area contributed by atoms with Gasteiger partial charge in [-0.3, -0.25) is 19.6 Å². The molecule has 1 heterocycles. The van der Waals surface area contributed by atoms with E-state index in [1.807, 2.05) is 22.8 Å². The van der Waals surface area contributed by atoms with Crippen LogP contribution in [0, 0.1) is 0 Å². The minimum atomic E-state index is -0.463. The molecule has 3 rings (SSSR count). The molecule has 28 heavy (non-hydrogen) atoms. The number of carbonyl (C=O) groups is 2. The quantitative estimate of drug-likeness (QED) is 0.334. The van der Waals surface area contributed by atoms with Crippen LogP contribution in [-0.4, -0.2) is 21.6 Å². The van der Waals surface area contributed by atoms with Crippen molar-refractivity contribution in [2.45, 2.75) is 25.8 Å². The van der Waals surface area contributed by atoms with E-state index in [0.717, 1.165) is 5.52 Å². The van der Waals surface area contributed by atoms with Gasteiger partial charge in [0.25, 0.3) is 5.91 Å². The molecule has 2 aromatic carbocycles. The molecule has 2 amide bonds. The minimum Gasteiger partial charge on any atom is -0.346 e. The Morgan fingerprint density at radius 3 is 2.43 bits per heavy atom. The molecule has 0 fully saturated rings. The zero-order chi connectivity index (χ0) is 19.9. The highest BCUT2D eigenvalue weighted by Crippen LogP contribution is 2.15. The fourth-order valence-corrected chi connectivity index (χ4v) is 3.04. The third kappa shape index (κ3) is 4.44. The molecular formula is C21H21N3O4. The zero-order valence-corrected chi connectivity index (χ0v) is 15.2. The Balaban J connectivity index is 1.88. The number of para-hydroxylation sites is 2. The van der Waals surface area contributed by atoms with Gasteiger partial charge >= 0.3 is 0 Å². The number of anilines is 1. The molecule has 3 aromatic rings. The molecule has 7 heteroatoms. The largest absolute Gasteiger partial charge is 0.346 e. The number of hydroxylamine groups is 1. The highest BCUT2D eigenvalue weighted by Gasteiger charge is 2.15. The Hall–Kier alpha value is -3.45. The predicted octanol–water partition coefficient (Wildman–Crippen LogP) is 2.93. The van der Waals surface area contributed by atoms with Gasteiger partial charge in [0.15, 0.2) is 0 Å². The summed E-state index contributed by atoms with van der Waals surface area (Å²) in [5, 5.41) is 11.8. The second-order valence-corrected chi connectivity index (χ2v) is 6.39. The standard InChI is InChI=1S/C21H21N3O4/c25-19(23-28)12-6-7-13-24-14-17(20(26)16-10-4-5-11-18(16)24)21(27)22-15-8-2-1-3-9-15/h1-5,8-11,14,28H,6-7,12-13H2,(H,22,27)(H,23,25). The van der Waals surface area contributed by atoms with Gasteiger partial charge in [0.05, 0.1) is 5.52 Å². The van der Waals surface area contributed by atoms with Crippen LogP contribution in [0.4, 0.5) is 5.69 Å². The fraction of sp³-hybridized carbons (Fsp3) is 0.190.